The standard InChI is InChI=1S/C22H29NOS/c1-3-15-9-11-18-20(13-15)25-21-14-17(10-12-19(21)22(18)24)23(2)16-7-5-4-6-8-16/h10,12,14-16H,3-9,11,13H2,1-2H3. The van der Waals surface area contributed by atoms with E-state index in [9.17, 15) is 4.79 Å². The second kappa shape index (κ2) is 7.11. The van der Waals surface area contributed by atoms with Crippen molar-refractivity contribution >= 4 is 27.1 Å². The van der Waals surface area contributed by atoms with Gasteiger partial charge in [0.25, 0.3) is 0 Å². The highest BCUT2D eigenvalue weighted by Gasteiger charge is 2.23. The summed E-state index contributed by atoms with van der Waals surface area (Å²) >= 11 is 1.87. The molecule has 4 rings (SSSR count). The zero-order valence-corrected chi connectivity index (χ0v) is 16.3. The quantitative estimate of drug-likeness (QED) is 0.720. The Morgan fingerprint density at radius 3 is 2.72 bits per heavy atom. The molecule has 2 aromatic rings. The fourth-order valence-corrected chi connectivity index (χ4v) is 6.00. The maximum Gasteiger partial charge on any atom is 0.191 e. The van der Waals surface area contributed by atoms with E-state index in [1.54, 1.807) is 0 Å². The summed E-state index contributed by atoms with van der Waals surface area (Å²) in [7, 11) is 2.23. The van der Waals surface area contributed by atoms with Crippen molar-refractivity contribution in [1.29, 1.82) is 0 Å². The van der Waals surface area contributed by atoms with E-state index in [1.165, 1.54) is 60.2 Å². The Morgan fingerprint density at radius 2 is 1.96 bits per heavy atom. The van der Waals surface area contributed by atoms with Crippen LogP contribution in [0.5, 0.6) is 0 Å². The fourth-order valence-electron chi connectivity index (χ4n) is 4.64. The normalized spacial score (nSPS) is 21.3. The van der Waals surface area contributed by atoms with Crippen molar-refractivity contribution in [3.8, 4) is 0 Å². The lowest BCUT2D eigenvalue weighted by molar-refractivity contribution is 0.427. The van der Waals surface area contributed by atoms with E-state index in [2.05, 4.69) is 37.1 Å². The Bertz CT molecular complexity index is 819. The summed E-state index contributed by atoms with van der Waals surface area (Å²) in [5.41, 5.74) is 2.68. The zero-order valence-electron chi connectivity index (χ0n) is 15.5. The second-order valence-electron chi connectivity index (χ2n) is 7.93. The average Bonchev–Trinajstić information content (AvgIpc) is 2.67. The predicted octanol–water partition coefficient (Wildman–Crippen LogP) is 5.55. The van der Waals surface area contributed by atoms with Crippen LogP contribution in [0.15, 0.2) is 23.0 Å². The van der Waals surface area contributed by atoms with Crippen molar-refractivity contribution in [2.45, 2.75) is 70.8 Å². The van der Waals surface area contributed by atoms with Gasteiger partial charge in [0.15, 0.2) is 5.43 Å². The number of benzene rings is 1. The van der Waals surface area contributed by atoms with Gasteiger partial charge in [-0.3, -0.25) is 4.79 Å². The van der Waals surface area contributed by atoms with Crippen molar-refractivity contribution in [2.75, 3.05) is 11.9 Å². The maximum absolute atomic E-state index is 12.9. The first kappa shape index (κ1) is 17.1. The highest BCUT2D eigenvalue weighted by molar-refractivity contribution is 7.18. The van der Waals surface area contributed by atoms with Crippen LogP contribution in [0.3, 0.4) is 0 Å². The molecule has 1 aromatic carbocycles. The molecule has 0 N–H and O–H groups in total. The molecule has 0 spiro atoms. The third-order valence-corrected chi connectivity index (χ3v) is 7.65. The molecule has 3 heteroatoms. The van der Waals surface area contributed by atoms with Crippen LogP contribution in [0.25, 0.3) is 10.1 Å². The zero-order chi connectivity index (χ0) is 17.4. The first-order chi connectivity index (χ1) is 12.2. The molecule has 0 aliphatic heterocycles. The van der Waals surface area contributed by atoms with E-state index < -0.39 is 0 Å². The summed E-state index contributed by atoms with van der Waals surface area (Å²) in [6, 6.07) is 7.17. The summed E-state index contributed by atoms with van der Waals surface area (Å²) in [6.45, 7) is 2.27. The largest absolute Gasteiger partial charge is 0.372 e. The number of nitrogens with zero attached hydrogens (tertiary/aromatic N) is 1. The van der Waals surface area contributed by atoms with Crippen LogP contribution in [0.2, 0.25) is 0 Å². The number of hydrogen-bond acceptors (Lipinski definition) is 3. The molecule has 2 aliphatic rings. The van der Waals surface area contributed by atoms with Gasteiger partial charge in [-0.25, -0.2) is 0 Å². The summed E-state index contributed by atoms with van der Waals surface area (Å²) in [5, 5.41) is 0.930. The minimum Gasteiger partial charge on any atom is -0.372 e. The molecule has 25 heavy (non-hydrogen) atoms. The van der Waals surface area contributed by atoms with Crippen LogP contribution >= 0.6 is 11.3 Å². The minimum atomic E-state index is 0.296. The van der Waals surface area contributed by atoms with Crippen LogP contribution in [0.4, 0.5) is 5.69 Å². The molecule has 0 radical (unpaired) electrons. The molecule has 1 fully saturated rings. The Hall–Kier alpha value is -1.35. The van der Waals surface area contributed by atoms with Crippen LogP contribution in [-0.2, 0) is 12.8 Å². The lowest BCUT2D eigenvalue weighted by Crippen LogP contribution is -2.33. The van der Waals surface area contributed by atoms with Crippen molar-refractivity contribution < 1.29 is 0 Å². The van der Waals surface area contributed by atoms with Gasteiger partial charge in [-0.1, -0.05) is 32.6 Å². The summed E-state index contributed by atoms with van der Waals surface area (Å²) in [6.07, 6.45) is 11.2. The monoisotopic (exact) mass is 355 g/mol. The van der Waals surface area contributed by atoms with E-state index in [-0.39, 0.29) is 0 Å². The van der Waals surface area contributed by atoms with Gasteiger partial charge in [0.2, 0.25) is 0 Å². The molecule has 0 bridgehead atoms. The smallest absolute Gasteiger partial charge is 0.191 e. The van der Waals surface area contributed by atoms with Crippen molar-refractivity contribution in [3.05, 3.63) is 38.9 Å². The average molecular weight is 356 g/mol. The van der Waals surface area contributed by atoms with Crippen molar-refractivity contribution in [3.63, 3.8) is 0 Å². The Kier molecular flexibility index (Phi) is 4.86. The summed E-state index contributed by atoms with van der Waals surface area (Å²) < 4.78 is 1.18. The Balaban J connectivity index is 1.71. The van der Waals surface area contributed by atoms with Crippen LogP contribution in [0, 0.1) is 5.92 Å². The number of hydrogen-bond donors (Lipinski definition) is 0. The Morgan fingerprint density at radius 1 is 1.16 bits per heavy atom. The molecule has 2 nitrogen and oxygen atoms in total. The van der Waals surface area contributed by atoms with Crippen LogP contribution < -0.4 is 10.3 Å². The lowest BCUT2D eigenvalue weighted by atomic mass is 9.87. The van der Waals surface area contributed by atoms with Crippen molar-refractivity contribution in [2.24, 2.45) is 5.92 Å². The van der Waals surface area contributed by atoms with E-state index in [4.69, 9.17) is 0 Å². The molecule has 1 unspecified atom stereocenters. The maximum atomic E-state index is 12.9. The molecule has 1 aromatic heterocycles. The highest BCUT2D eigenvalue weighted by atomic mass is 32.1. The van der Waals surface area contributed by atoms with Gasteiger partial charge in [0, 0.05) is 39.3 Å². The highest BCUT2D eigenvalue weighted by Crippen LogP contribution is 2.34. The molecule has 0 amide bonds. The van der Waals surface area contributed by atoms with Crippen molar-refractivity contribution in [1.82, 2.24) is 0 Å². The third-order valence-electron chi connectivity index (χ3n) is 6.44. The Labute approximate surface area is 154 Å². The molecule has 0 saturated heterocycles. The molecule has 134 valence electrons. The number of fused-ring (bicyclic) bond motifs is 2. The van der Waals surface area contributed by atoms with Crippen LogP contribution in [-0.4, -0.2) is 13.1 Å². The molecular formula is C22H29NOS. The van der Waals surface area contributed by atoms with Gasteiger partial charge in [-0.05, 0) is 56.2 Å². The summed E-state index contributed by atoms with van der Waals surface area (Å²) in [5.74, 6) is 0.758. The first-order valence-electron chi connectivity index (χ1n) is 9.98. The second-order valence-corrected chi connectivity index (χ2v) is 9.07. The van der Waals surface area contributed by atoms with Gasteiger partial charge < -0.3 is 4.90 Å². The molecule has 1 heterocycles. The minimum absolute atomic E-state index is 0.296. The van der Waals surface area contributed by atoms with Gasteiger partial charge in [-0.15, -0.1) is 11.3 Å². The van der Waals surface area contributed by atoms with Gasteiger partial charge >= 0.3 is 0 Å². The fraction of sp³-hybridized carbons (Fsp3) is 0.591. The topological polar surface area (TPSA) is 20.3 Å². The van der Waals surface area contributed by atoms with Gasteiger partial charge in [0.1, 0.15) is 0 Å². The SMILES string of the molecule is CCC1CCc2c(sc3cc(N(C)C4CCCCC4)ccc3c2=O)C1. The van der Waals surface area contributed by atoms with Gasteiger partial charge in [-0.2, -0.15) is 0 Å². The van der Waals surface area contributed by atoms with Crippen LogP contribution in [0.1, 0.15) is 62.3 Å². The van der Waals surface area contributed by atoms with Gasteiger partial charge in [0.05, 0.1) is 0 Å². The first-order valence-corrected chi connectivity index (χ1v) is 10.8. The third kappa shape index (κ3) is 3.23. The van der Waals surface area contributed by atoms with E-state index in [1.807, 2.05) is 11.3 Å². The molecule has 2 aliphatic carbocycles. The van der Waals surface area contributed by atoms with E-state index in [0.29, 0.717) is 11.5 Å². The number of rotatable bonds is 3. The number of anilines is 1. The van der Waals surface area contributed by atoms with E-state index >= 15 is 0 Å². The molecule has 1 saturated carbocycles. The molecular weight excluding hydrogens is 326 g/mol. The summed E-state index contributed by atoms with van der Waals surface area (Å²) in [4.78, 5) is 16.7. The lowest BCUT2D eigenvalue weighted by Gasteiger charge is -2.33. The van der Waals surface area contributed by atoms with E-state index in [0.717, 1.165) is 29.7 Å². The predicted molar refractivity (Wildman–Crippen MR) is 109 cm³/mol. The molecule has 1 atom stereocenters.